The number of amides is 1. The second-order valence-electron chi connectivity index (χ2n) is 4.80. The summed E-state index contributed by atoms with van der Waals surface area (Å²) in [5.74, 6) is -1.75. The van der Waals surface area contributed by atoms with E-state index in [2.05, 4.69) is 10.6 Å². The van der Waals surface area contributed by atoms with Crippen LogP contribution in [0.2, 0.25) is 0 Å². The number of rotatable bonds is 7. The summed E-state index contributed by atoms with van der Waals surface area (Å²) < 4.78 is 12.7. The predicted molar refractivity (Wildman–Crippen MR) is 74.0 cm³/mol. The van der Waals surface area contributed by atoms with Crippen LogP contribution in [0, 0.1) is 5.82 Å². The number of halogens is 1. The van der Waals surface area contributed by atoms with Crippen LogP contribution in [0.4, 0.5) is 10.1 Å². The topological polar surface area (TPSA) is 78.4 Å². The first-order valence-corrected chi connectivity index (χ1v) is 6.41. The monoisotopic (exact) mass is 282 g/mol. The number of carboxylic acids is 1. The van der Waals surface area contributed by atoms with Crippen molar-refractivity contribution in [1.82, 2.24) is 5.32 Å². The van der Waals surface area contributed by atoms with Crippen molar-refractivity contribution >= 4 is 17.6 Å². The van der Waals surface area contributed by atoms with Crippen LogP contribution in [0.25, 0.3) is 0 Å². The summed E-state index contributed by atoms with van der Waals surface area (Å²) in [6.45, 7) is 3.30. The lowest BCUT2D eigenvalue weighted by atomic mass is 9.96. The van der Waals surface area contributed by atoms with Crippen molar-refractivity contribution in [3.05, 3.63) is 30.1 Å². The molecule has 0 aliphatic carbocycles. The van der Waals surface area contributed by atoms with Crippen LogP contribution in [0.5, 0.6) is 0 Å². The Bertz CT molecular complexity index is 476. The van der Waals surface area contributed by atoms with Crippen LogP contribution in [0.1, 0.15) is 26.7 Å². The van der Waals surface area contributed by atoms with Gasteiger partial charge in [-0.25, -0.2) is 4.39 Å². The number of carbonyl (C=O) groups is 2. The summed E-state index contributed by atoms with van der Waals surface area (Å²) in [6, 6.07) is 5.36. The molecule has 1 amide bonds. The molecule has 1 aromatic carbocycles. The van der Waals surface area contributed by atoms with E-state index < -0.39 is 11.5 Å². The van der Waals surface area contributed by atoms with E-state index in [1.54, 1.807) is 6.92 Å². The van der Waals surface area contributed by atoms with Gasteiger partial charge in [-0.05, 0) is 37.6 Å². The molecule has 0 saturated heterocycles. The van der Waals surface area contributed by atoms with Crippen LogP contribution in [0.15, 0.2) is 24.3 Å². The molecule has 1 atom stereocenters. The maximum Gasteiger partial charge on any atom is 0.323 e. The fourth-order valence-electron chi connectivity index (χ4n) is 1.78. The van der Waals surface area contributed by atoms with E-state index in [1.165, 1.54) is 24.3 Å². The molecule has 1 unspecified atom stereocenters. The van der Waals surface area contributed by atoms with Crippen molar-refractivity contribution in [2.24, 2.45) is 0 Å². The van der Waals surface area contributed by atoms with Gasteiger partial charge in [-0.3, -0.25) is 14.9 Å². The Morgan fingerprint density at radius 2 is 1.90 bits per heavy atom. The highest BCUT2D eigenvalue weighted by Gasteiger charge is 2.31. The second kappa shape index (κ2) is 7.00. The average Bonchev–Trinajstić information content (AvgIpc) is 2.39. The molecule has 0 aliphatic heterocycles. The lowest BCUT2D eigenvalue weighted by Crippen LogP contribution is -2.51. The van der Waals surface area contributed by atoms with E-state index in [4.69, 9.17) is 5.11 Å². The maximum absolute atomic E-state index is 12.7. The summed E-state index contributed by atoms with van der Waals surface area (Å²) in [4.78, 5) is 22.9. The number of carbonyl (C=O) groups excluding carboxylic acids is 1. The van der Waals surface area contributed by atoms with Crippen molar-refractivity contribution in [3.63, 3.8) is 0 Å². The van der Waals surface area contributed by atoms with Crippen molar-refractivity contribution in [2.75, 3.05) is 11.9 Å². The third-order valence-corrected chi connectivity index (χ3v) is 2.99. The number of carboxylic acid groups (broad SMARTS) is 1. The van der Waals surface area contributed by atoms with Crippen LogP contribution in [-0.2, 0) is 9.59 Å². The fraction of sp³-hybridized carbons (Fsp3) is 0.429. The number of nitrogens with one attached hydrogen (secondary N) is 2. The van der Waals surface area contributed by atoms with E-state index in [-0.39, 0.29) is 18.3 Å². The lowest BCUT2D eigenvalue weighted by Gasteiger charge is -2.25. The Kier molecular flexibility index (Phi) is 5.64. The van der Waals surface area contributed by atoms with Crippen molar-refractivity contribution in [3.8, 4) is 0 Å². The van der Waals surface area contributed by atoms with Gasteiger partial charge in [0.1, 0.15) is 11.4 Å². The summed E-state index contributed by atoms with van der Waals surface area (Å²) >= 11 is 0. The number of anilines is 1. The Balaban J connectivity index is 2.54. The van der Waals surface area contributed by atoms with Gasteiger partial charge in [0, 0.05) is 5.69 Å². The normalized spacial score (nSPS) is 13.6. The van der Waals surface area contributed by atoms with Crippen LogP contribution >= 0.6 is 0 Å². The molecule has 0 spiro atoms. The first-order chi connectivity index (χ1) is 9.37. The SMILES string of the molecule is CCCC(C)(NCC(=O)Nc1ccc(F)cc1)C(=O)O. The van der Waals surface area contributed by atoms with E-state index in [1.807, 2.05) is 6.92 Å². The van der Waals surface area contributed by atoms with E-state index in [0.717, 1.165) is 0 Å². The lowest BCUT2D eigenvalue weighted by molar-refractivity contribution is -0.144. The minimum Gasteiger partial charge on any atom is -0.480 e. The van der Waals surface area contributed by atoms with Crippen LogP contribution in [0.3, 0.4) is 0 Å². The molecule has 0 bridgehead atoms. The first kappa shape index (κ1) is 16.1. The molecule has 0 radical (unpaired) electrons. The Hall–Kier alpha value is -1.95. The van der Waals surface area contributed by atoms with Gasteiger partial charge in [0.15, 0.2) is 0 Å². The number of hydrogen-bond donors (Lipinski definition) is 3. The predicted octanol–water partition coefficient (Wildman–Crippen LogP) is 2.00. The van der Waals surface area contributed by atoms with Gasteiger partial charge in [0.25, 0.3) is 0 Å². The van der Waals surface area contributed by atoms with Gasteiger partial charge in [-0.2, -0.15) is 0 Å². The summed E-state index contributed by atoms with van der Waals surface area (Å²) in [7, 11) is 0. The highest BCUT2D eigenvalue weighted by molar-refractivity contribution is 5.92. The Morgan fingerprint density at radius 1 is 1.30 bits per heavy atom. The largest absolute Gasteiger partial charge is 0.480 e. The molecule has 3 N–H and O–H groups in total. The summed E-state index contributed by atoms with van der Waals surface area (Å²) in [5, 5.41) is 14.5. The quantitative estimate of drug-likeness (QED) is 0.714. The van der Waals surface area contributed by atoms with Crippen molar-refractivity contribution < 1.29 is 19.1 Å². The molecule has 110 valence electrons. The third kappa shape index (κ3) is 4.62. The molecule has 6 heteroatoms. The van der Waals surface area contributed by atoms with E-state index in [9.17, 15) is 14.0 Å². The molecule has 0 saturated carbocycles. The minimum atomic E-state index is -1.13. The second-order valence-corrected chi connectivity index (χ2v) is 4.80. The first-order valence-electron chi connectivity index (χ1n) is 6.41. The molecule has 1 rings (SSSR count). The number of benzene rings is 1. The maximum atomic E-state index is 12.7. The summed E-state index contributed by atoms with van der Waals surface area (Å²) in [6.07, 6.45) is 1.11. The minimum absolute atomic E-state index is 0.125. The highest BCUT2D eigenvalue weighted by atomic mass is 19.1. The van der Waals surface area contributed by atoms with Crippen LogP contribution in [-0.4, -0.2) is 29.1 Å². The molecule has 0 fully saturated rings. The zero-order valence-corrected chi connectivity index (χ0v) is 11.6. The highest BCUT2D eigenvalue weighted by Crippen LogP contribution is 2.12. The summed E-state index contributed by atoms with van der Waals surface area (Å²) in [5.41, 5.74) is -0.666. The van der Waals surface area contributed by atoms with Gasteiger partial charge in [-0.15, -0.1) is 0 Å². The zero-order valence-electron chi connectivity index (χ0n) is 11.6. The molecule has 5 nitrogen and oxygen atoms in total. The van der Waals surface area contributed by atoms with E-state index in [0.29, 0.717) is 18.5 Å². The number of aliphatic carboxylic acids is 1. The smallest absolute Gasteiger partial charge is 0.323 e. The standard InChI is InChI=1S/C14H19FN2O3/c1-3-8-14(2,13(19)20)16-9-12(18)17-11-6-4-10(15)5-7-11/h4-7,16H,3,8-9H2,1-2H3,(H,17,18)(H,19,20). The Morgan fingerprint density at radius 3 is 2.40 bits per heavy atom. The van der Waals surface area contributed by atoms with Gasteiger partial charge < -0.3 is 10.4 Å². The van der Waals surface area contributed by atoms with Crippen molar-refractivity contribution in [2.45, 2.75) is 32.2 Å². The fourth-order valence-corrected chi connectivity index (χ4v) is 1.78. The van der Waals surface area contributed by atoms with Crippen LogP contribution < -0.4 is 10.6 Å². The molecular weight excluding hydrogens is 263 g/mol. The Labute approximate surface area is 117 Å². The van der Waals surface area contributed by atoms with Gasteiger partial charge in [0.05, 0.1) is 6.54 Å². The molecular formula is C14H19FN2O3. The average molecular weight is 282 g/mol. The molecule has 20 heavy (non-hydrogen) atoms. The molecule has 0 aliphatic rings. The molecule has 1 aromatic rings. The molecule has 0 heterocycles. The van der Waals surface area contributed by atoms with Crippen molar-refractivity contribution in [1.29, 1.82) is 0 Å². The van der Waals surface area contributed by atoms with E-state index >= 15 is 0 Å². The zero-order chi connectivity index (χ0) is 15.2. The van der Waals surface area contributed by atoms with Gasteiger partial charge in [0.2, 0.25) is 5.91 Å². The van der Waals surface area contributed by atoms with Gasteiger partial charge in [-0.1, -0.05) is 13.3 Å². The molecule has 0 aromatic heterocycles. The van der Waals surface area contributed by atoms with Gasteiger partial charge >= 0.3 is 5.97 Å². The number of hydrogen-bond acceptors (Lipinski definition) is 3. The third-order valence-electron chi connectivity index (χ3n) is 2.99.